The highest BCUT2D eigenvalue weighted by Gasteiger charge is 2.27. The summed E-state index contributed by atoms with van der Waals surface area (Å²) >= 11 is 5.62. The molecule has 2 heteroatoms. The maximum Gasteiger partial charge on any atom is 0.0239 e. The smallest absolute Gasteiger partial charge is 0.0239 e. The molecule has 0 spiro atoms. The molecule has 0 bridgehead atoms. The van der Waals surface area contributed by atoms with Crippen molar-refractivity contribution in [2.75, 3.05) is 6.54 Å². The van der Waals surface area contributed by atoms with Crippen LogP contribution in [0.3, 0.4) is 0 Å². The van der Waals surface area contributed by atoms with Gasteiger partial charge in [-0.15, -0.1) is 0 Å². The maximum absolute atomic E-state index is 5.62. The molecular weight excluding hydrogens is 242 g/mol. The van der Waals surface area contributed by atoms with Gasteiger partial charge in [0.1, 0.15) is 0 Å². The van der Waals surface area contributed by atoms with Crippen LogP contribution in [0.1, 0.15) is 43.7 Å². The Morgan fingerprint density at radius 1 is 1.28 bits per heavy atom. The van der Waals surface area contributed by atoms with Crippen molar-refractivity contribution < 1.29 is 0 Å². The zero-order valence-electron chi connectivity index (χ0n) is 11.3. The second-order valence-corrected chi connectivity index (χ2v) is 5.67. The van der Waals surface area contributed by atoms with E-state index in [4.69, 9.17) is 11.6 Å². The average Bonchev–Trinajstić information content (AvgIpc) is 3.19. The van der Waals surface area contributed by atoms with E-state index in [1.165, 1.54) is 24.0 Å². The van der Waals surface area contributed by atoms with Gasteiger partial charge in [-0.1, -0.05) is 55.8 Å². The Labute approximate surface area is 115 Å². The topological polar surface area (TPSA) is 3.24 Å². The fraction of sp³-hybridized carbons (Fsp3) is 0.500. The molecule has 0 atom stereocenters. The minimum atomic E-state index is 0.609. The summed E-state index contributed by atoms with van der Waals surface area (Å²) in [6, 6.07) is 9.79. The summed E-state index contributed by atoms with van der Waals surface area (Å²) in [6.45, 7) is 6.46. The molecule has 1 saturated carbocycles. The van der Waals surface area contributed by atoms with Gasteiger partial charge in [-0.25, -0.2) is 0 Å². The molecule has 0 saturated heterocycles. The zero-order valence-corrected chi connectivity index (χ0v) is 12.0. The maximum atomic E-state index is 5.62. The first-order valence-electron chi connectivity index (χ1n) is 6.79. The van der Waals surface area contributed by atoms with Crippen molar-refractivity contribution in [3.05, 3.63) is 47.0 Å². The van der Waals surface area contributed by atoms with E-state index in [-0.39, 0.29) is 0 Å². The van der Waals surface area contributed by atoms with Crippen molar-refractivity contribution in [3.8, 4) is 0 Å². The second kappa shape index (κ2) is 6.40. The largest absolute Gasteiger partial charge is 0.292 e. The van der Waals surface area contributed by atoms with Crippen molar-refractivity contribution in [2.24, 2.45) is 0 Å². The summed E-state index contributed by atoms with van der Waals surface area (Å²) in [5, 5.41) is 0. The van der Waals surface area contributed by atoms with Gasteiger partial charge in [0.05, 0.1) is 0 Å². The molecule has 1 aliphatic rings. The van der Waals surface area contributed by atoms with E-state index in [0.717, 1.165) is 19.1 Å². The molecular formula is C16H22ClN. The van der Waals surface area contributed by atoms with Crippen LogP contribution in [0, 0.1) is 0 Å². The molecule has 1 aromatic carbocycles. The van der Waals surface area contributed by atoms with E-state index in [1.54, 1.807) is 5.54 Å². The minimum Gasteiger partial charge on any atom is -0.292 e. The lowest BCUT2D eigenvalue weighted by Gasteiger charge is -2.20. The first-order chi connectivity index (χ1) is 8.70. The Morgan fingerprint density at radius 2 is 1.94 bits per heavy atom. The fourth-order valence-electron chi connectivity index (χ4n) is 2.20. The van der Waals surface area contributed by atoms with Crippen molar-refractivity contribution >= 4 is 11.6 Å². The Balaban J connectivity index is 1.97. The van der Waals surface area contributed by atoms with Gasteiger partial charge in [0.2, 0.25) is 0 Å². The van der Waals surface area contributed by atoms with Crippen LogP contribution in [0.4, 0.5) is 0 Å². The molecule has 1 aromatic rings. The SMILES string of the molecule is CC(C)c1ccc(CN(C/C=C/Cl)C2CC2)cc1. The molecule has 0 radical (unpaired) electrons. The second-order valence-electron chi connectivity index (χ2n) is 5.42. The third-order valence-electron chi connectivity index (χ3n) is 3.52. The summed E-state index contributed by atoms with van der Waals surface area (Å²) < 4.78 is 0. The van der Waals surface area contributed by atoms with Crippen LogP contribution in [-0.2, 0) is 6.54 Å². The van der Waals surface area contributed by atoms with Crippen LogP contribution < -0.4 is 0 Å². The first-order valence-corrected chi connectivity index (χ1v) is 7.22. The van der Waals surface area contributed by atoms with Crippen LogP contribution in [0.15, 0.2) is 35.9 Å². The number of benzene rings is 1. The molecule has 0 aliphatic heterocycles. The standard InChI is InChI=1S/C16H22ClN/c1-13(2)15-6-4-14(5-7-15)12-18(11-3-10-17)16-8-9-16/h3-7,10,13,16H,8-9,11-12H2,1-2H3/b10-3+. The zero-order chi connectivity index (χ0) is 13.0. The summed E-state index contributed by atoms with van der Waals surface area (Å²) in [5.74, 6) is 0.609. The lowest BCUT2D eigenvalue weighted by atomic mass is 10.0. The molecule has 1 aliphatic carbocycles. The Kier molecular flexibility index (Phi) is 4.85. The average molecular weight is 264 g/mol. The summed E-state index contributed by atoms with van der Waals surface area (Å²) in [5.41, 5.74) is 4.43. The van der Waals surface area contributed by atoms with E-state index in [0.29, 0.717) is 5.92 Å². The quantitative estimate of drug-likeness (QED) is 0.729. The Morgan fingerprint density at radius 3 is 2.44 bits per heavy atom. The lowest BCUT2D eigenvalue weighted by Crippen LogP contribution is -2.25. The normalized spacial score (nSPS) is 16.1. The van der Waals surface area contributed by atoms with Crippen molar-refractivity contribution in [2.45, 2.75) is 45.2 Å². The van der Waals surface area contributed by atoms with Gasteiger partial charge in [-0.2, -0.15) is 0 Å². The number of rotatable bonds is 6. The number of hydrogen-bond acceptors (Lipinski definition) is 1. The molecule has 1 nitrogen and oxygen atoms in total. The summed E-state index contributed by atoms with van der Waals surface area (Å²) in [4.78, 5) is 2.50. The third-order valence-corrected chi connectivity index (χ3v) is 3.70. The Bertz CT molecular complexity index is 390. The van der Waals surface area contributed by atoms with Crippen molar-refractivity contribution in [1.29, 1.82) is 0 Å². The van der Waals surface area contributed by atoms with Gasteiger partial charge < -0.3 is 0 Å². The van der Waals surface area contributed by atoms with Crippen LogP contribution in [0.25, 0.3) is 0 Å². The monoisotopic (exact) mass is 263 g/mol. The van der Waals surface area contributed by atoms with Gasteiger partial charge in [-0.3, -0.25) is 4.90 Å². The van der Waals surface area contributed by atoms with Crippen molar-refractivity contribution in [3.63, 3.8) is 0 Å². The van der Waals surface area contributed by atoms with Gasteiger partial charge in [0.25, 0.3) is 0 Å². The highest BCUT2D eigenvalue weighted by Crippen LogP contribution is 2.28. The predicted octanol–water partition coefficient (Wildman–Crippen LogP) is 4.53. The number of hydrogen-bond donors (Lipinski definition) is 0. The molecule has 0 heterocycles. The highest BCUT2D eigenvalue weighted by atomic mass is 35.5. The lowest BCUT2D eigenvalue weighted by molar-refractivity contribution is 0.284. The molecule has 0 N–H and O–H groups in total. The third kappa shape index (κ3) is 3.86. The molecule has 0 unspecified atom stereocenters. The van der Waals surface area contributed by atoms with Gasteiger partial charge in [-0.05, 0) is 29.9 Å². The molecule has 18 heavy (non-hydrogen) atoms. The van der Waals surface area contributed by atoms with E-state index < -0.39 is 0 Å². The molecule has 2 rings (SSSR count). The molecule has 98 valence electrons. The highest BCUT2D eigenvalue weighted by molar-refractivity contribution is 6.25. The number of halogens is 1. The van der Waals surface area contributed by atoms with E-state index >= 15 is 0 Å². The van der Waals surface area contributed by atoms with Crippen LogP contribution in [0.5, 0.6) is 0 Å². The van der Waals surface area contributed by atoms with Crippen LogP contribution in [-0.4, -0.2) is 17.5 Å². The molecule has 1 fully saturated rings. The van der Waals surface area contributed by atoms with Crippen LogP contribution >= 0.6 is 11.6 Å². The fourth-order valence-corrected chi connectivity index (χ4v) is 2.28. The molecule has 0 amide bonds. The molecule has 0 aromatic heterocycles. The number of nitrogens with zero attached hydrogens (tertiary/aromatic N) is 1. The minimum absolute atomic E-state index is 0.609. The summed E-state index contributed by atoms with van der Waals surface area (Å²) in [7, 11) is 0. The predicted molar refractivity (Wildman–Crippen MR) is 79.0 cm³/mol. The first kappa shape index (κ1) is 13.6. The van der Waals surface area contributed by atoms with Gasteiger partial charge in [0.15, 0.2) is 0 Å². The van der Waals surface area contributed by atoms with E-state index in [2.05, 4.69) is 43.0 Å². The van der Waals surface area contributed by atoms with Gasteiger partial charge >= 0.3 is 0 Å². The summed E-state index contributed by atoms with van der Waals surface area (Å²) in [6.07, 6.45) is 4.70. The van der Waals surface area contributed by atoms with E-state index in [1.807, 2.05) is 6.08 Å². The van der Waals surface area contributed by atoms with E-state index in [9.17, 15) is 0 Å². The van der Waals surface area contributed by atoms with Gasteiger partial charge in [0, 0.05) is 24.7 Å². The van der Waals surface area contributed by atoms with Crippen LogP contribution in [0.2, 0.25) is 0 Å². The van der Waals surface area contributed by atoms with Crippen molar-refractivity contribution in [1.82, 2.24) is 4.90 Å². The Hall–Kier alpha value is -0.790.